The van der Waals surface area contributed by atoms with Gasteiger partial charge in [-0.2, -0.15) is 5.26 Å². The van der Waals surface area contributed by atoms with Crippen molar-refractivity contribution in [3.63, 3.8) is 0 Å². The molecule has 1 aliphatic carbocycles. The SMILES string of the molecule is COc1cccc(NC(=O)CSC2=C(C#N)C(c3cccs3)C3=C(CCCC3=O)N2)c1. The smallest absolute Gasteiger partial charge is 0.234 e. The van der Waals surface area contributed by atoms with E-state index in [1.165, 1.54) is 23.1 Å². The molecule has 1 aliphatic heterocycles. The minimum Gasteiger partial charge on any atom is -0.497 e. The highest BCUT2D eigenvalue weighted by molar-refractivity contribution is 8.03. The molecule has 4 rings (SSSR count). The number of allylic oxidation sites excluding steroid dienone is 3. The standard InChI is InChI=1S/C23H21N3O3S2/c1-29-15-6-2-5-14(11-15)25-20(28)13-31-23-16(12-24)21(19-9-4-10-30-19)22-17(26-23)7-3-8-18(22)27/h2,4-6,9-11,21,26H,3,7-8,13H2,1H3,(H,25,28). The molecule has 0 radical (unpaired) electrons. The number of carbonyl (C=O) groups excluding carboxylic acids is 2. The summed E-state index contributed by atoms with van der Waals surface area (Å²) in [6.07, 6.45) is 2.06. The van der Waals surface area contributed by atoms with Crippen molar-refractivity contribution in [3.8, 4) is 11.8 Å². The van der Waals surface area contributed by atoms with Crippen LogP contribution in [0.2, 0.25) is 0 Å². The zero-order valence-electron chi connectivity index (χ0n) is 16.9. The first-order valence-corrected chi connectivity index (χ1v) is 11.7. The Bertz CT molecular complexity index is 1110. The molecule has 31 heavy (non-hydrogen) atoms. The lowest BCUT2D eigenvalue weighted by atomic mass is 9.79. The Kier molecular flexibility index (Phi) is 6.44. The first-order chi connectivity index (χ1) is 15.1. The van der Waals surface area contributed by atoms with E-state index in [1.807, 2.05) is 23.6 Å². The Morgan fingerprint density at radius 3 is 2.97 bits per heavy atom. The summed E-state index contributed by atoms with van der Waals surface area (Å²) in [7, 11) is 1.57. The van der Waals surface area contributed by atoms with Crippen molar-refractivity contribution in [2.24, 2.45) is 0 Å². The molecular weight excluding hydrogens is 430 g/mol. The quantitative estimate of drug-likeness (QED) is 0.669. The number of nitriles is 1. The lowest BCUT2D eigenvalue weighted by Gasteiger charge is -2.32. The number of methoxy groups -OCH3 is 1. The minimum absolute atomic E-state index is 0.0970. The van der Waals surface area contributed by atoms with E-state index in [9.17, 15) is 14.9 Å². The largest absolute Gasteiger partial charge is 0.497 e. The Morgan fingerprint density at radius 2 is 2.23 bits per heavy atom. The van der Waals surface area contributed by atoms with Crippen LogP contribution in [0.4, 0.5) is 5.69 Å². The molecule has 0 saturated carbocycles. The maximum atomic E-state index is 12.7. The van der Waals surface area contributed by atoms with E-state index < -0.39 is 0 Å². The number of rotatable bonds is 6. The van der Waals surface area contributed by atoms with E-state index in [2.05, 4.69) is 16.7 Å². The van der Waals surface area contributed by atoms with E-state index in [1.54, 1.807) is 25.3 Å². The molecule has 2 N–H and O–H groups in total. The predicted molar refractivity (Wildman–Crippen MR) is 123 cm³/mol. The lowest BCUT2D eigenvalue weighted by molar-refractivity contribution is -0.116. The van der Waals surface area contributed by atoms with E-state index in [0.717, 1.165) is 23.4 Å². The van der Waals surface area contributed by atoms with Gasteiger partial charge in [0, 0.05) is 34.3 Å². The van der Waals surface area contributed by atoms with Gasteiger partial charge in [0.1, 0.15) is 5.75 Å². The summed E-state index contributed by atoms with van der Waals surface area (Å²) >= 11 is 2.83. The number of hydrogen-bond acceptors (Lipinski definition) is 7. The van der Waals surface area contributed by atoms with Gasteiger partial charge in [0.2, 0.25) is 5.91 Å². The van der Waals surface area contributed by atoms with Crippen LogP contribution in [0.15, 0.2) is 63.7 Å². The number of dihydropyridines is 1. The average molecular weight is 452 g/mol. The Labute approximate surface area is 189 Å². The fraction of sp³-hybridized carbons (Fsp3) is 0.261. The summed E-state index contributed by atoms with van der Waals surface area (Å²) in [6.45, 7) is 0. The highest BCUT2D eigenvalue weighted by Gasteiger charge is 2.37. The number of Topliss-reactive ketones (excluding diaryl/α,β-unsaturated/α-hetero) is 1. The Morgan fingerprint density at radius 1 is 1.35 bits per heavy atom. The number of nitrogens with zero attached hydrogens (tertiary/aromatic N) is 1. The first-order valence-electron chi connectivity index (χ1n) is 9.88. The fourth-order valence-electron chi connectivity index (χ4n) is 3.81. The molecule has 8 heteroatoms. The Hall–Kier alpha value is -3.02. The van der Waals surface area contributed by atoms with Crippen LogP contribution >= 0.6 is 23.1 Å². The summed E-state index contributed by atoms with van der Waals surface area (Å²) in [5, 5.41) is 18.7. The number of hydrogen-bond donors (Lipinski definition) is 2. The van der Waals surface area contributed by atoms with Crippen molar-refractivity contribution in [3.05, 3.63) is 68.5 Å². The van der Waals surface area contributed by atoms with Gasteiger partial charge in [-0.1, -0.05) is 23.9 Å². The number of thioether (sulfide) groups is 1. The van der Waals surface area contributed by atoms with Crippen molar-refractivity contribution in [1.82, 2.24) is 5.32 Å². The molecule has 1 atom stereocenters. The van der Waals surface area contributed by atoms with Gasteiger partial charge < -0.3 is 15.4 Å². The predicted octanol–water partition coefficient (Wildman–Crippen LogP) is 4.56. The third-order valence-corrected chi connectivity index (χ3v) is 7.15. The number of carbonyl (C=O) groups is 2. The van der Waals surface area contributed by atoms with Gasteiger partial charge in [0.05, 0.1) is 35.5 Å². The highest BCUT2D eigenvalue weighted by atomic mass is 32.2. The van der Waals surface area contributed by atoms with Gasteiger partial charge in [0.25, 0.3) is 0 Å². The molecule has 2 heterocycles. The van der Waals surface area contributed by atoms with Crippen molar-refractivity contribution in [2.75, 3.05) is 18.2 Å². The van der Waals surface area contributed by atoms with Crippen LogP contribution in [-0.2, 0) is 9.59 Å². The minimum atomic E-state index is -0.363. The third-order valence-electron chi connectivity index (χ3n) is 5.19. The maximum Gasteiger partial charge on any atom is 0.234 e. The number of benzene rings is 1. The molecule has 0 spiro atoms. The summed E-state index contributed by atoms with van der Waals surface area (Å²) < 4.78 is 5.18. The van der Waals surface area contributed by atoms with Gasteiger partial charge in [-0.3, -0.25) is 9.59 Å². The molecule has 6 nitrogen and oxygen atoms in total. The highest BCUT2D eigenvalue weighted by Crippen LogP contribution is 2.45. The van der Waals surface area contributed by atoms with Crippen LogP contribution in [-0.4, -0.2) is 24.6 Å². The summed E-state index contributed by atoms with van der Waals surface area (Å²) in [4.78, 5) is 26.2. The second kappa shape index (κ2) is 9.41. The first kappa shape index (κ1) is 21.2. The fourth-order valence-corrected chi connectivity index (χ4v) is 5.52. The second-order valence-corrected chi connectivity index (χ2v) is 9.13. The average Bonchev–Trinajstić information content (AvgIpc) is 3.31. The van der Waals surface area contributed by atoms with Gasteiger partial charge in [0.15, 0.2) is 5.78 Å². The monoisotopic (exact) mass is 451 g/mol. The van der Waals surface area contributed by atoms with Crippen LogP contribution < -0.4 is 15.4 Å². The molecule has 2 aliphatic rings. The van der Waals surface area contributed by atoms with Gasteiger partial charge >= 0.3 is 0 Å². The van der Waals surface area contributed by atoms with E-state index in [0.29, 0.717) is 34.0 Å². The van der Waals surface area contributed by atoms with Crippen LogP contribution in [0, 0.1) is 11.3 Å². The number of anilines is 1. The van der Waals surface area contributed by atoms with Crippen LogP contribution in [0.1, 0.15) is 30.1 Å². The summed E-state index contributed by atoms with van der Waals surface area (Å²) in [5.41, 5.74) is 2.73. The van der Waals surface area contributed by atoms with E-state index in [4.69, 9.17) is 4.74 Å². The topological polar surface area (TPSA) is 91.2 Å². The van der Waals surface area contributed by atoms with E-state index >= 15 is 0 Å². The lowest BCUT2D eigenvalue weighted by Crippen LogP contribution is -2.31. The molecule has 0 saturated heterocycles. The van der Waals surface area contributed by atoms with Crippen LogP contribution in [0.25, 0.3) is 0 Å². The number of amides is 1. The van der Waals surface area contributed by atoms with Crippen molar-refractivity contribution in [1.29, 1.82) is 5.26 Å². The third kappa shape index (κ3) is 4.53. The van der Waals surface area contributed by atoms with Crippen LogP contribution in [0.5, 0.6) is 5.75 Å². The summed E-state index contributed by atoms with van der Waals surface area (Å²) in [5.74, 6) is 0.349. The molecule has 1 aromatic heterocycles. The number of thiophene rings is 1. The molecule has 0 fully saturated rings. The second-order valence-electron chi connectivity index (χ2n) is 7.17. The van der Waals surface area contributed by atoms with Gasteiger partial charge in [-0.25, -0.2) is 0 Å². The normalized spacial score (nSPS) is 18.2. The molecule has 2 aromatic rings. The Balaban J connectivity index is 1.55. The zero-order chi connectivity index (χ0) is 21.8. The van der Waals surface area contributed by atoms with Crippen LogP contribution in [0.3, 0.4) is 0 Å². The van der Waals surface area contributed by atoms with Crippen molar-refractivity contribution in [2.45, 2.75) is 25.2 Å². The molecule has 1 unspecified atom stereocenters. The van der Waals surface area contributed by atoms with Crippen molar-refractivity contribution < 1.29 is 14.3 Å². The van der Waals surface area contributed by atoms with Crippen molar-refractivity contribution >= 4 is 40.5 Å². The number of nitrogens with one attached hydrogen (secondary N) is 2. The summed E-state index contributed by atoms with van der Waals surface area (Å²) in [6, 6.07) is 13.3. The molecule has 0 bridgehead atoms. The molecule has 158 valence electrons. The number of ether oxygens (including phenoxy) is 1. The molecule has 1 aromatic carbocycles. The van der Waals surface area contributed by atoms with Gasteiger partial charge in [-0.15, -0.1) is 11.3 Å². The van der Waals surface area contributed by atoms with Gasteiger partial charge in [-0.05, 0) is 36.4 Å². The molecular formula is C23H21N3O3S2. The molecule has 1 amide bonds. The van der Waals surface area contributed by atoms with E-state index in [-0.39, 0.29) is 23.4 Å². The maximum absolute atomic E-state index is 12.7. The number of ketones is 1. The zero-order valence-corrected chi connectivity index (χ0v) is 18.6.